The van der Waals surface area contributed by atoms with E-state index in [1.807, 2.05) is 85.9 Å². The number of carbonyl (C=O) groups excluding carboxylic acids is 6. The molecule has 10 fully saturated rings. The van der Waals surface area contributed by atoms with Crippen LogP contribution in [-0.4, -0.2) is 185 Å². The van der Waals surface area contributed by atoms with Crippen molar-refractivity contribution >= 4 is 57.7 Å². The average Bonchev–Trinajstić information content (AvgIpc) is 1.92. The lowest BCUT2D eigenvalue weighted by Gasteiger charge is -2.39. The van der Waals surface area contributed by atoms with E-state index in [9.17, 15) is 28.8 Å². The van der Waals surface area contributed by atoms with E-state index in [-0.39, 0.29) is 82.9 Å². The number of aromatic amines is 4. The van der Waals surface area contributed by atoms with Crippen LogP contribution in [0.3, 0.4) is 0 Å². The van der Waals surface area contributed by atoms with Gasteiger partial charge in [0.05, 0.1) is 86.0 Å². The van der Waals surface area contributed by atoms with Gasteiger partial charge in [0, 0.05) is 62.7 Å². The van der Waals surface area contributed by atoms with Crippen LogP contribution in [0.5, 0.6) is 0 Å². The third-order valence-corrected chi connectivity index (χ3v) is 27.7. The lowest BCUT2D eigenvalue weighted by molar-refractivity contribution is -0.140. The summed E-state index contributed by atoms with van der Waals surface area (Å²) < 4.78 is 32.6. The van der Waals surface area contributed by atoms with Crippen LogP contribution in [0, 0.1) is 34.5 Å². The maximum atomic E-state index is 14.4. The summed E-state index contributed by atoms with van der Waals surface area (Å²) in [6.45, 7) is 15.1. The van der Waals surface area contributed by atoms with Gasteiger partial charge in [0.15, 0.2) is 0 Å². The van der Waals surface area contributed by atoms with Gasteiger partial charge in [0.2, 0.25) is 11.8 Å². The van der Waals surface area contributed by atoms with Crippen molar-refractivity contribution in [1.82, 2.24) is 70.1 Å². The fraction of sp³-hybridized carbons (Fsp3) is 0.479. The van der Waals surface area contributed by atoms with Crippen molar-refractivity contribution in [3.8, 4) is 67.3 Å². The Kier molecular flexibility index (Phi) is 21.2. The summed E-state index contributed by atoms with van der Waals surface area (Å²) in [5, 5.41) is 10.3. The molecule has 4 bridgehead atoms. The number of H-pyrrole nitrogens is 4. The SMILES string of the molecule is CC(C)(C)OC(=O)N1CC2(CC2)C[C@H]1c1ncc(-c2ccc3cc(-c4ccc(-c5cnc([C@@H]6[C@H]7CC[C@H](C7)N6C(=O)OC(C)(C)C)[nH]5)cc4)ccc3c2)[nH]1.COC(=O)NC(C(=O)N1CC2(CC2)C[C@H]1c1ncc(-c2ccc3cc(-c4ccc(-c5cnc([C@@H]6[C@H]7CC[C@H](C7)N6C(=O)[C@@H](NC(=O)OC)C6CCOCC6)[nH]5)cc4)ccc3c2)[nH]1)C1CCOCC1. The Morgan fingerprint density at radius 3 is 1.20 bits per heavy atom. The van der Waals surface area contributed by atoms with Crippen LogP contribution < -0.4 is 10.6 Å². The first-order chi connectivity index (χ1) is 58.9. The molecule has 20 rings (SSSR count). The molecular formula is C96H110N14O12. The molecule has 6 N–H and O–H groups in total. The van der Waals surface area contributed by atoms with Crippen molar-refractivity contribution in [3.05, 3.63) is 169 Å². The van der Waals surface area contributed by atoms with Crippen LogP contribution in [0.1, 0.15) is 192 Å². The molecule has 10 aliphatic rings. The maximum absolute atomic E-state index is 14.4. The normalized spacial score (nSPS) is 23.7. The first-order valence-corrected chi connectivity index (χ1v) is 43.9. The van der Waals surface area contributed by atoms with Crippen molar-refractivity contribution in [2.75, 3.05) is 53.7 Å². The Morgan fingerprint density at radius 1 is 0.418 bits per heavy atom. The number of nitrogens with zero attached hydrogens (tertiary/aromatic N) is 8. The molecule has 4 aromatic heterocycles. The van der Waals surface area contributed by atoms with Gasteiger partial charge in [-0.1, -0.05) is 97.1 Å². The number of fused-ring (bicyclic) bond motifs is 6. The van der Waals surface area contributed by atoms with E-state index < -0.39 is 35.5 Å². The fourth-order valence-electron chi connectivity index (χ4n) is 21.0. The van der Waals surface area contributed by atoms with Crippen LogP contribution >= 0.6 is 0 Å². The maximum Gasteiger partial charge on any atom is 0.411 e. The Hall–Kier alpha value is -11.4. The van der Waals surface area contributed by atoms with Crippen LogP contribution in [0.25, 0.3) is 88.8 Å². The summed E-state index contributed by atoms with van der Waals surface area (Å²) >= 11 is 0. The monoisotopic (exact) mass is 1650 g/mol. The molecule has 10 heterocycles. The summed E-state index contributed by atoms with van der Waals surface area (Å²) in [4.78, 5) is 121. The number of aromatic nitrogens is 8. The van der Waals surface area contributed by atoms with Crippen LogP contribution in [-0.2, 0) is 38.0 Å². The molecule has 2 spiro atoms. The van der Waals surface area contributed by atoms with Crippen LogP contribution in [0.4, 0.5) is 19.2 Å². The van der Waals surface area contributed by atoms with Gasteiger partial charge in [-0.3, -0.25) is 19.4 Å². The van der Waals surface area contributed by atoms with E-state index in [1.165, 1.54) is 14.2 Å². The Balaban J connectivity index is 0.000000165. The summed E-state index contributed by atoms with van der Waals surface area (Å²) in [5.41, 5.74) is 11.4. The van der Waals surface area contributed by atoms with Crippen molar-refractivity contribution in [1.29, 1.82) is 0 Å². The minimum atomic E-state index is -0.685. The number of imidazole rings is 4. The van der Waals surface area contributed by atoms with Gasteiger partial charge < -0.3 is 68.8 Å². The molecule has 10 atom stereocenters. The quantitative estimate of drug-likeness (QED) is 0.0490. The largest absolute Gasteiger partial charge is 0.453 e. The molecule has 4 saturated carbocycles. The number of hydrogen-bond acceptors (Lipinski definition) is 16. The highest BCUT2D eigenvalue weighted by Gasteiger charge is 2.58. The molecule has 10 aromatic rings. The lowest BCUT2D eigenvalue weighted by atomic mass is 9.89. The Bertz CT molecular complexity index is 5600. The molecule has 6 amide bonds. The third kappa shape index (κ3) is 16.2. The van der Waals surface area contributed by atoms with Crippen LogP contribution in [0.2, 0.25) is 0 Å². The number of benzene rings is 6. The van der Waals surface area contributed by atoms with Crippen LogP contribution in [0.15, 0.2) is 146 Å². The van der Waals surface area contributed by atoms with Gasteiger partial charge >= 0.3 is 24.4 Å². The van der Waals surface area contributed by atoms with Gasteiger partial charge in [-0.05, 0) is 258 Å². The minimum absolute atomic E-state index is 0.0249. The van der Waals surface area contributed by atoms with Crippen molar-refractivity contribution in [2.45, 2.75) is 204 Å². The molecule has 4 aliphatic carbocycles. The number of ether oxygens (including phenoxy) is 6. The average molecular weight is 1650 g/mol. The number of amides is 6. The van der Waals surface area contributed by atoms with Gasteiger partial charge in [0.25, 0.3) is 0 Å². The van der Waals surface area contributed by atoms with Crippen molar-refractivity contribution < 1.29 is 57.2 Å². The number of piperidine rings is 2. The van der Waals surface area contributed by atoms with E-state index in [2.05, 4.69) is 152 Å². The van der Waals surface area contributed by atoms with Gasteiger partial charge in [-0.25, -0.2) is 39.1 Å². The minimum Gasteiger partial charge on any atom is -0.453 e. The van der Waals surface area contributed by atoms with E-state index in [1.54, 1.807) is 0 Å². The number of likely N-dealkylation sites (tertiary alicyclic amines) is 4. The molecule has 636 valence electrons. The molecule has 1 unspecified atom stereocenters. The number of alkyl carbamates (subject to hydrolysis) is 2. The van der Waals surface area contributed by atoms with E-state index in [0.717, 1.165) is 196 Å². The second kappa shape index (κ2) is 32.1. The Morgan fingerprint density at radius 2 is 0.770 bits per heavy atom. The van der Waals surface area contributed by atoms with E-state index in [0.29, 0.717) is 70.5 Å². The topological polar surface area (TPSA) is 310 Å². The Labute approximate surface area is 710 Å². The molecular weight excluding hydrogens is 1540 g/mol. The number of methoxy groups -OCH3 is 2. The smallest absolute Gasteiger partial charge is 0.411 e. The lowest BCUT2D eigenvalue weighted by Crippen LogP contribution is -2.55. The molecule has 6 aliphatic heterocycles. The number of hydrogen-bond donors (Lipinski definition) is 6. The summed E-state index contributed by atoms with van der Waals surface area (Å²) in [5.74, 6) is 3.69. The van der Waals surface area contributed by atoms with Gasteiger partial charge in [-0.2, -0.15) is 0 Å². The predicted molar refractivity (Wildman–Crippen MR) is 460 cm³/mol. The summed E-state index contributed by atoms with van der Waals surface area (Å²) in [7, 11) is 2.65. The number of carbonyl (C=O) groups is 6. The zero-order chi connectivity index (χ0) is 84.1. The number of rotatable bonds is 16. The summed E-state index contributed by atoms with van der Waals surface area (Å²) in [6.07, 6.45) is 20.8. The van der Waals surface area contributed by atoms with E-state index >= 15 is 0 Å². The molecule has 26 nitrogen and oxygen atoms in total. The fourth-order valence-corrected chi connectivity index (χ4v) is 21.0. The van der Waals surface area contributed by atoms with E-state index in [4.69, 9.17) is 48.4 Å². The van der Waals surface area contributed by atoms with Gasteiger partial charge in [0.1, 0.15) is 46.6 Å². The molecule has 6 aromatic carbocycles. The standard InChI is InChI=1S/C52H60N8O8.C44H50N6O4/c1-65-50(63)57-43(32-13-19-67-20-14-32)48(61)59-29-52(17-18-52)26-42(59)46-53-28-41(55-46)37-10-9-35-23-34(7-8-36(35)24-37)30-3-5-31(6-4-30)40-27-54-47(56-40)45-38-11-12-39(25-38)60(45)49(62)44(58-51(64)66-2)33-15-21-68-22-16-33;1-42(2,3)53-40(51)49-25-44(17-18-44)22-36(49)38-45-24-35(47-38)31-14-13-29-19-28(11-12-30(29)20-31)26-7-9-27(10-8-26)34-23-46-39(48-34)37-32-15-16-33(21-32)50(37)41(52)54-43(4,5)6/h3-10,23-24,27-28,32-33,38-39,42-45H,11-22,25-26,29H2,1-2H3,(H,53,55)(H,54,56)(H,57,63)(H,58,64);7-14,19-20,23-24,32-33,36-37H,15-18,21-22,25H2,1-6H3,(H,45,47)(H,46,48)/t38-,39+,42-,43?,44-,45-;32-,33+,36-,37-/m00/s1. The first kappa shape index (κ1) is 80.4. The number of nitrogens with one attached hydrogen (secondary N) is 6. The van der Waals surface area contributed by atoms with Crippen molar-refractivity contribution in [3.63, 3.8) is 0 Å². The van der Waals surface area contributed by atoms with Gasteiger partial charge in [-0.15, -0.1) is 0 Å². The highest BCUT2D eigenvalue weighted by Crippen LogP contribution is 2.60. The second-order valence-electron chi connectivity index (χ2n) is 38.1. The zero-order valence-corrected chi connectivity index (χ0v) is 70.8. The third-order valence-electron chi connectivity index (χ3n) is 27.7. The molecule has 122 heavy (non-hydrogen) atoms. The first-order valence-electron chi connectivity index (χ1n) is 43.9. The highest BCUT2D eigenvalue weighted by atomic mass is 16.6. The predicted octanol–water partition coefficient (Wildman–Crippen LogP) is 17.9. The zero-order valence-electron chi connectivity index (χ0n) is 70.8. The van der Waals surface area contributed by atoms with Crippen molar-refractivity contribution in [2.24, 2.45) is 34.5 Å². The molecule has 26 heteroatoms. The highest BCUT2D eigenvalue weighted by molar-refractivity contribution is 5.93. The molecule has 6 saturated heterocycles. The molecule has 0 radical (unpaired) electrons. The second-order valence-corrected chi connectivity index (χ2v) is 38.1. The summed E-state index contributed by atoms with van der Waals surface area (Å²) in [6, 6.07) is 41.3.